The van der Waals surface area contributed by atoms with Gasteiger partial charge in [0.15, 0.2) is 0 Å². The van der Waals surface area contributed by atoms with Gasteiger partial charge in [-0.3, -0.25) is 0 Å². The second-order valence-electron chi connectivity index (χ2n) is 3.74. The molecule has 0 unspecified atom stereocenters. The van der Waals surface area contributed by atoms with E-state index in [9.17, 15) is 0 Å². The van der Waals surface area contributed by atoms with Crippen molar-refractivity contribution in [1.29, 1.82) is 0 Å². The Hall–Kier alpha value is -1.74. The van der Waals surface area contributed by atoms with Crippen LogP contribution in [0.2, 0.25) is 0 Å². The Morgan fingerprint density at radius 2 is 2.00 bits per heavy atom. The quantitative estimate of drug-likeness (QED) is 0.775. The third kappa shape index (κ3) is 3.37. The molecule has 3 nitrogen and oxygen atoms in total. The molecule has 0 aliphatic carbocycles. The molecular formula is C14H14ClNO2. The van der Waals surface area contributed by atoms with Crippen LogP contribution in [0.3, 0.4) is 0 Å². The molecule has 0 saturated heterocycles. The standard InChI is InChI=1S/C14H14ClNO2/c1-17-14-7-3-5-12(16-14)10-18-13-6-2-4-11(8-13)9-15/h2-8H,9-10H2,1H3. The first-order valence-electron chi connectivity index (χ1n) is 5.59. The first-order valence-corrected chi connectivity index (χ1v) is 6.13. The minimum atomic E-state index is 0.406. The maximum Gasteiger partial charge on any atom is 0.213 e. The van der Waals surface area contributed by atoms with Crippen LogP contribution >= 0.6 is 11.6 Å². The largest absolute Gasteiger partial charge is 0.487 e. The Bertz CT molecular complexity index is 469. The third-order valence-corrected chi connectivity index (χ3v) is 2.74. The monoisotopic (exact) mass is 263 g/mol. The van der Waals surface area contributed by atoms with Crippen molar-refractivity contribution in [3.05, 3.63) is 53.7 Å². The molecule has 1 aromatic carbocycles. The molecule has 1 heterocycles. The van der Waals surface area contributed by atoms with Gasteiger partial charge < -0.3 is 9.47 Å². The van der Waals surface area contributed by atoms with Gasteiger partial charge in [-0.25, -0.2) is 4.98 Å². The van der Waals surface area contributed by atoms with Crippen LogP contribution < -0.4 is 9.47 Å². The van der Waals surface area contributed by atoms with Crippen molar-refractivity contribution >= 4 is 11.6 Å². The Morgan fingerprint density at radius 3 is 2.78 bits per heavy atom. The zero-order valence-electron chi connectivity index (χ0n) is 10.1. The highest BCUT2D eigenvalue weighted by atomic mass is 35.5. The zero-order valence-corrected chi connectivity index (χ0v) is 10.9. The number of hydrogen-bond acceptors (Lipinski definition) is 3. The van der Waals surface area contributed by atoms with Gasteiger partial charge >= 0.3 is 0 Å². The zero-order chi connectivity index (χ0) is 12.8. The van der Waals surface area contributed by atoms with Crippen LogP contribution in [-0.4, -0.2) is 12.1 Å². The SMILES string of the molecule is COc1cccc(COc2cccc(CCl)c2)n1. The summed E-state index contributed by atoms with van der Waals surface area (Å²) in [6.45, 7) is 0.406. The average molecular weight is 264 g/mol. The van der Waals surface area contributed by atoms with Gasteiger partial charge in [0, 0.05) is 11.9 Å². The first-order chi connectivity index (χ1) is 8.81. The summed E-state index contributed by atoms with van der Waals surface area (Å²) in [5.41, 5.74) is 1.86. The van der Waals surface area contributed by atoms with Gasteiger partial charge in [0.1, 0.15) is 12.4 Å². The molecule has 0 radical (unpaired) electrons. The predicted molar refractivity (Wildman–Crippen MR) is 71.1 cm³/mol. The van der Waals surface area contributed by atoms with Crippen molar-refractivity contribution in [3.8, 4) is 11.6 Å². The molecule has 18 heavy (non-hydrogen) atoms. The van der Waals surface area contributed by atoms with E-state index in [2.05, 4.69) is 4.98 Å². The maximum atomic E-state index is 5.77. The van der Waals surface area contributed by atoms with Crippen molar-refractivity contribution in [2.75, 3.05) is 7.11 Å². The molecular weight excluding hydrogens is 250 g/mol. The first kappa shape index (κ1) is 12.7. The number of hydrogen-bond donors (Lipinski definition) is 0. The van der Waals surface area contributed by atoms with E-state index in [4.69, 9.17) is 21.1 Å². The topological polar surface area (TPSA) is 31.4 Å². The van der Waals surface area contributed by atoms with Crippen molar-refractivity contribution in [2.45, 2.75) is 12.5 Å². The predicted octanol–water partition coefficient (Wildman–Crippen LogP) is 3.41. The van der Waals surface area contributed by atoms with Crippen LogP contribution in [0.4, 0.5) is 0 Å². The fourth-order valence-electron chi connectivity index (χ4n) is 1.53. The summed E-state index contributed by atoms with van der Waals surface area (Å²) < 4.78 is 10.7. The lowest BCUT2D eigenvalue weighted by Crippen LogP contribution is -1.99. The number of pyridine rings is 1. The van der Waals surface area contributed by atoms with E-state index in [1.165, 1.54) is 0 Å². The van der Waals surface area contributed by atoms with Gasteiger partial charge in [0.25, 0.3) is 0 Å². The number of ether oxygens (including phenoxy) is 2. The highest BCUT2D eigenvalue weighted by Crippen LogP contribution is 2.16. The fraction of sp³-hybridized carbons (Fsp3) is 0.214. The number of nitrogens with zero attached hydrogens (tertiary/aromatic N) is 1. The number of methoxy groups -OCH3 is 1. The summed E-state index contributed by atoms with van der Waals surface area (Å²) >= 11 is 5.77. The van der Waals surface area contributed by atoms with E-state index in [1.54, 1.807) is 13.2 Å². The van der Waals surface area contributed by atoms with E-state index in [1.807, 2.05) is 36.4 Å². The molecule has 0 aliphatic rings. The molecule has 0 bridgehead atoms. The number of halogens is 1. The normalized spacial score (nSPS) is 10.1. The van der Waals surface area contributed by atoms with Gasteiger partial charge in [-0.1, -0.05) is 18.2 Å². The molecule has 94 valence electrons. The Morgan fingerprint density at radius 1 is 1.17 bits per heavy atom. The second kappa shape index (κ2) is 6.26. The number of alkyl halides is 1. The van der Waals surface area contributed by atoms with E-state index < -0.39 is 0 Å². The molecule has 1 aromatic heterocycles. The van der Waals surface area contributed by atoms with Gasteiger partial charge in [0.2, 0.25) is 5.88 Å². The summed E-state index contributed by atoms with van der Waals surface area (Å²) in [4.78, 5) is 4.28. The van der Waals surface area contributed by atoms with E-state index in [0.717, 1.165) is 17.0 Å². The van der Waals surface area contributed by atoms with E-state index in [-0.39, 0.29) is 0 Å². The molecule has 0 amide bonds. The molecule has 0 fully saturated rings. The molecule has 0 saturated carbocycles. The molecule has 0 atom stereocenters. The maximum absolute atomic E-state index is 5.77. The van der Waals surface area contributed by atoms with E-state index >= 15 is 0 Å². The van der Waals surface area contributed by atoms with Crippen LogP contribution in [-0.2, 0) is 12.5 Å². The summed E-state index contributed by atoms with van der Waals surface area (Å²) in [5.74, 6) is 1.86. The molecule has 4 heteroatoms. The van der Waals surface area contributed by atoms with Crippen molar-refractivity contribution < 1.29 is 9.47 Å². The third-order valence-electron chi connectivity index (χ3n) is 2.43. The second-order valence-corrected chi connectivity index (χ2v) is 4.01. The molecule has 0 aliphatic heterocycles. The number of rotatable bonds is 5. The Balaban J connectivity index is 2.01. The van der Waals surface area contributed by atoms with Crippen LogP contribution in [0, 0.1) is 0 Å². The highest BCUT2D eigenvalue weighted by molar-refractivity contribution is 6.17. The number of benzene rings is 1. The van der Waals surface area contributed by atoms with Crippen molar-refractivity contribution in [2.24, 2.45) is 0 Å². The van der Waals surface area contributed by atoms with Crippen LogP contribution in [0.5, 0.6) is 11.6 Å². The van der Waals surface area contributed by atoms with Crippen molar-refractivity contribution in [3.63, 3.8) is 0 Å². The van der Waals surface area contributed by atoms with E-state index in [0.29, 0.717) is 18.4 Å². The minimum absolute atomic E-state index is 0.406. The lowest BCUT2D eigenvalue weighted by Gasteiger charge is -2.07. The molecule has 0 N–H and O–H groups in total. The Kier molecular flexibility index (Phi) is 4.42. The smallest absolute Gasteiger partial charge is 0.213 e. The van der Waals surface area contributed by atoms with Gasteiger partial charge in [0.05, 0.1) is 12.8 Å². The van der Waals surface area contributed by atoms with Crippen LogP contribution in [0.1, 0.15) is 11.3 Å². The van der Waals surface area contributed by atoms with Crippen molar-refractivity contribution in [1.82, 2.24) is 4.98 Å². The van der Waals surface area contributed by atoms with Crippen LogP contribution in [0.25, 0.3) is 0 Å². The lowest BCUT2D eigenvalue weighted by molar-refractivity contribution is 0.298. The molecule has 2 rings (SSSR count). The molecule has 2 aromatic rings. The lowest BCUT2D eigenvalue weighted by atomic mass is 10.2. The summed E-state index contributed by atoms with van der Waals surface area (Å²) in [5, 5.41) is 0. The minimum Gasteiger partial charge on any atom is -0.487 e. The summed E-state index contributed by atoms with van der Waals surface area (Å²) in [7, 11) is 1.59. The Labute approximate surface area is 111 Å². The highest BCUT2D eigenvalue weighted by Gasteiger charge is 2.00. The number of aromatic nitrogens is 1. The fourth-order valence-corrected chi connectivity index (χ4v) is 1.69. The van der Waals surface area contributed by atoms with Gasteiger partial charge in [-0.2, -0.15) is 0 Å². The van der Waals surface area contributed by atoms with Gasteiger partial charge in [-0.15, -0.1) is 11.6 Å². The van der Waals surface area contributed by atoms with Gasteiger partial charge in [-0.05, 0) is 23.8 Å². The average Bonchev–Trinajstić information content (AvgIpc) is 2.45. The summed E-state index contributed by atoms with van der Waals surface area (Å²) in [6.07, 6.45) is 0. The van der Waals surface area contributed by atoms with Crippen LogP contribution in [0.15, 0.2) is 42.5 Å². The molecule has 0 spiro atoms. The summed E-state index contributed by atoms with van der Waals surface area (Å²) in [6, 6.07) is 13.3.